The predicted octanol–water partition coefficient (Wildman–Crippen LogP) is 1.96. The molecule has 0 heterocycles. The minimum Gasteiger partial charge on any atom is -0.352 e. The van der Waals surface area contributed by atoms with E-state index in [2.05, 4.69) is 5.32 Å². The van der Waals surface area contributed by atoms with Crippen molar-refractivity contribution < 1.29 is 18.0 Å². The van der Waals surface area contributed by atoms with E-state index in [0.717, 1.165) is 0 Å². The number of hydrogen-bond acceptors (Lipinski definition) is 2. The highest BCUT2D eigenvalue weighted by Crippen LogP contribution is 2.37. The number of nitrogens with two attached hydrogens (primary N) is 1. The van der Waals surface area contributed by atoms with Gasteiger partial charge in [-0.05, 0) is 33.1 Å². The van der Waals surface area contributed by atoms with Crippen molar-refractivity contribution in [2.24, 2.45) is 11.7 Å². The summed E-state index contributed by atoms with van der Waals surface area (Å²) in [5.41, 5.74) is 4.53. The lowest BCUT2D eigenvalue weighted by Gasteiger charge is -2.32. The summed E-state index contributed by atoms with van der Waals surface area (Å²) in [5.74, 6) is -1.70. The average Bonchev–Trinajstić information content (AvgIpc) is 2.15. The molecule has 3 nitrogen and oxygen atoms in total. The molecule has 1 rings (SSSR count). The van der Waals surface area contributed by atoms with E-state index < -0.39 is 29.6 Å². The monoisotopic (exact) mass is 252 g/mol. The van der Waals surface area contributed by atoms with Gasteiger partial charge in [0.15, 0.2) is 0 Å². The lowest BCUT2D eigenvalue weighted by atomic mass is 9.85. The first-order valence-electron chi connectivity index (χ1n) is 5.77. The van der Waals surface area contributed by atoms with Gasteiger partial charge in [0.05, 0.1) is 11.5 Å². The second-order valence-electron chi connectivity index (χ2n) is 5.30. The molecular weight excluding hydrogens is 233 g/mol. The Hall–Kier alpha value is -0.780. The summed E-state index contributed by atoms with van der Waals surface area (Å²) in [5, 5.41) is 2.60. The molecular formula is C11H19F3N2O. The number of amides is 1. The van der Waals surface area contributed by atoms with Gasteiger partial charge in [0.1, 0.15) is 0 Å². The average molecular weight is 252 g/mol. The minimum atomic E-state index is -4.17. The molecule has 100 valence electrons. The molecule has 1 fully saturated rings. The van der Waals surface area contributed by atoms with E-state index in [-0.39, 0.29) is 12.8 Å². The lowest BCUT2D eigenvalue weighted by molar-refractivity contribution is -0.184. The number of carbonyl (C=O) groups excluding carboxylic acids is 1. The van der Waals surface area contributed by atoms with Gasteiger partial charge in [-0.25, -0.2) is 0 Å². The van der Waals surface area contributed by atoms with Crippen LogP contribution in [0.15, 0.2) is 0 Å². The Balaban J connectivity index is 2.54. The van der Waals surface area contributed by atoms with Crippen molar-refractivity contribution in [2.45, 2.75) is 57.3 Å². The predicted molar refractivity (Wildman–Crippen MR) is 58.2 cm³/mol. The highest BCUT2D eigenvalue weighted by Gasteiger charge is 2.42. The van der Waals surface area contributed by atoms with Gasteiger partial charge in [0.2, 0.25) is 5.91 Å². The molecule has 0 aromatic carbocycles. The minimum absolute atomic E-state index is 0.0364. The quantitative estimate of drug-likeness (QED) is 0.789. The van der Waals surface area contributed by atoms with Gasteiger partial charge in [-0.1, -0.05) is 6.42 Å². The molecule has 1 aliphatic carbocycles. The van der Waals surface area contributed by atoms with Crippen molar-refractivity contribution in [3.63, 3.8) is 0 Å². The normalized spacial score (nSPS) is 26.7. The summed E-state index contributed by atoms with van der Waals surface area (Å²) in [6.45, 7) is 3.07. The highest BCUT2D eigenvalue weighted by molar-refractivity contribution is 5.85. The third-order valence-electron chi connectivity index (χ3n) is 3.06. The van der Waals surface area contributed by atoms with Crippen LogP contribution in [0.4, 0.5) is 13.2 Å². The zero-order valence-corrected chi connectivity index (χ0v) is 10.1. The first-order valence-corrected chi connectivity index (χ1v) is 5.77. The molecule has 0 bridgehead atoms. The first-order chi connectivity index (χ1) is 7.60. The molecule has 2 unspecified atom stereocenters. The van der Waals surface area contributed by atoms with Gasteiger partial charge in [0, 0.05) is 6.04 Å². The summed E-state index contributed by atoms with van der Waals surface area (Å²) in [4.78, 5) is 11.6. The van der Waals surface area contributed by atoms with Crippen LogP contribution in [-0.2, 0) is 4.79 Å². The second kappa shape index (κ2) is 4.84. The molecule has 1 saturated carbocycles. The molecule has 0 saturated heterocycles. The van der Waals surface area contributed by atoms with Crippen LogP contribution >= 0.6 is 0 Å². The lowest BCUT2D eigenvalue weighted by Crippen LogP contribution is -2.53. The van der Waals surface area contributed by atoms with Crippen molar-refractivity contribution in [1.82, 2.24) is 5.32 Å². The number of carbonyl (C=O) groups is 1. The van der Waals surface area contributed by atoms with Crippen molar-refractivity contribution >= 4 is 5.91 Å². The third kappa shape index (κ3) is 4.18. The Labute approximate surface area is 98.9 Å². The molecule has 6 heteroatoms. The van der Waals surface area contributed by atoms with Gasteiger partial charge in [-0.15, -0.1) is 0 Å². The van der Waals surface area contributed by atoms with Crippen molar-refractivity contribution in [3.8, 4) is 0 Å². The molecule has 0 aliphatic heterocycles. The standard InChI is InChI=1S/C11H19F3N2O/c1-10(2,15)9(17)16-8-5-3-4-7(6-8)11(12,13)14/h7-8H,3-6,15H2,1-2H3,(H,16,17). The number of alkyl halides is 3. The number of halogens is 3. The molecule has 0 spiro atoms. The molecule has 1 amide bonds. The number of nitrogens with one attached hydrogen (secondary N) is 1. The second-order valence-corrected chi connectivity index (χ2v) is 5.30. The molecule has 0 aromatic heterocycles. The Morgan fingerprint density at radius 3 is 2.35 bits per heavy atom. The van der Waals surface area contributed by atoms with E-state index in [1.54, 1.807) is 0 Å². The summed E-state index contributed by atoms with van der Waals surface area (Å²) in [6, 6.07) is -0.411. The van der Waals surface area contributed by atoms with Crippen LogP contribution < -0.4 is 11.1 Å². The Morgan fingerprint density at radius 1 is 1.29 bits per heavy atom. The largest absolute Gasteiger partial charge is 0.391 e. The highest BCUT2D eigenvalue weighted by atomic mass is 19.4. The Morgan fingerprint density at radius 2 is 1.88 bits per heavy atom. The summed E-state index contributed by atoms with van der Waals surface area (Å²) in [7, 11) is 0. The summed E-state index contributed by atoms with van der Waals surface area (Å²) >= 11 is 0. The van der Waals surface area contributed by atoms with Crippen molar-refractivity contribution in [1.29, 1.82) is 0 Å². The fourth-order valence-corrected chi connectivity index (χ4v) is 1.99. The third-order valence-corrected chi connectivity index (χ3v) is 3.06. The van der Waals surface area contributed by atoms with Gasteiger partial charge in [-0.3, -0.25) is 4.79 Å². The molecule has 0 aromatic rings. The summed E-state index contributed by atoms with van der Waals surface area (Å²) in [6.07, 6.45) is -2.97. The van der Waals surface area contributed by atoms with E-state index in [0.29, 0.717) is 12.8 Å². The SMILES string of the molecule is CC(C)(N)C(=O)NC1CCCC(C(F)(F)F)C1. The number of hydrogen-bond donors (Lipinski definition) is 2. The maximum Gasteiger partial charge on any atom is 0.391 e. The zero-order valence-electron chi connectivity index (χ0n) is 10.1. The van der Waals surface area contributed by atoms with Crippen LogP contribution in [0.2, 0.25) is 0 Å². The van der Waals surface area contributed by atoms with E-state index in [1.807, 2.05) is 0 Å². The summed E-state index contributed by atoms with van der Waals surface area (Å²) < 4.78 is 37.6. The van der Waals surface area contributed by atoms with Crippen molar-refractivity contribution in [3.05, 3.63) is 0 Å². The maximum absolute atomic E-state index is 12.5. The van der Waals surface area contributed by atoms with Crippen LogP contribution in [0, 0.1) is 5.92 Å². The first kappa shape index (κ1) is 14.3. The van der Waals surface area contributed by atoms with E-state index in [9.17, 15) is 18.0 Å². The van der Waals surface area contributed by atoms with E-state index in [4.69, 9.17) is 5.73 Å². The van der Waals surface area contributed by atoms with Gasteiger partial charge in [-0.2, -0.15) is 13.2 Å². The fraction of sp³-hybridized carbons (Fsp3) is 0.909. The molecule has 1 aliphatic rings. The van der Waals surface area contributed by atoms with Crippen LogP contribution in [0.5, 0.6) is 0 Å². The van der Waals surface area contributed by atoms with Crippen LogP contribution in [0.25, 0.3) is 0 Å². The van der Waals surface area contributed by atoms with Gasteiger partial charge < -0.3 is 11.1 Å². The fourth-order valence-electron chi connectivity index (χ4n) is 1.99. The molecule has 3 N–H and O–H groups in total. The Bertz CT molecular complexity index is 283. The number of rotatable bonds is 2. The Kier molecular flexibility index (Phi) is 4.06. The van der Waals surface area contributed by atoms with Crippen LogP contribution in [0.3, 0.4) is 0 Å². The smallest absolute Gasteiger partial charge is 0.352 e. The van der Waals surface area contributed by atoms with E-state index >= 15 is 0 Å². The van der Waals surface area contributed by atoms with Gasteiger partial charge in [0.25, 0.3) is 0 Å². The van der Waals surface area contributed by atoms with E-state index in [1.165, 1.54) is 13.8 Å². The van der Waals surface area contributed by atoms with Crippen molar-refractivity contribution in [2.75, 3.05) is 0 Å². The topological polar surface area (TPSA) is 55.1 Å². The zero-order chi connectivity index (χ0) is 13.3. The van der Waals surface area contributed by atoms with Crippen LogP contribution in [-0.4, -0.2) is 23.7 Å². The van der Waals surface area contributed by atoms with Crippen LogP contribution in [0.1, 0.15) is 39.5 Å². The molecule has 17 heavy (non-hydrogen) atoms. The maximum atomic E-state index is 12.5. The molecule has 0 radical (unpaired) electrons. The van der Waals surface area contributed by atoms with Gasteiger partial charge >= 0.3 is 6.18 Å². The molecule has 2 atom stereocenters.